The maximum absolute atomic E-state index is 13.1. The average molecular weight is 433 g/mol. The van der Waals surface area contributed by atoms with Crippen LogP contribution in [0.3, 0.4) is 0 Å². The van der Waals surface area contributed by atoms with Crippen LogP contribution >= 0.6 is 0 Å². The Balaban J connectivity index is 1.65. The normalized spacial score (nSPS) is 11.5. The number of Topliss-reactive ketones (excluding diaryl/α,β-unsaturated/α-hetero) is 1. The molecular formula is C23H19N3O4S. The molecule has 0 bridgehead atoms. The first-order valence-corrected chi connectivity index (χ1v) is 11.2. The van der Waals surface area contributed by atoms with E-state index in [0.717, 1.165) is 11.1 Å². The zero-order valence-electron chi connectivity index (χ0n) is 16.8. The van der Waals surface area contributed by atoms with Gasteiger partial charge in [-0.05, 0) is 30.7 Å². The minimum Gasteiger partial charge on any atom is -0.361 e. The van der Waals surface area contributed by atoms with Gasteiger partial charge in [-0.15, -0.1) is 0 Å². The largest absolute Gasteiger partial charge is 0.361 e. The van der Waals surface area contributed by atoms with Crippen LogP contribution in [0.4, 0.5) is 0 Å². The number of hydrogen-bond donors (Lipinski definition) is 0. The Kier molecular flexibility index (Phi) is 5.44. The van der Waals surface area contributed by atoms with Crippen molar-refractivity contribution in [3.05, 3.63) is 83.4 Å². The number of aryl methyl sites for hydroxylation is 1. The summed E-state index contributed by atoms with van der Waals surface area (Å²) in [6, 6.07) is 18.1. The minimum absolute atomic E-state index is 0.101. The number of hydrogen-bond acceptors (Lipinski definition) is 6. The van der Waals surface area contributed by atoms with E-state index >= 15 is 0 Å². The van der Waals surface area contributed by atoms with E-state index in [0.29, 0.717) is 28.9 Å². The highest BCUT2D eigenvalue weighted by molar-refractivity contribution is 7.92. The Bertz CT molecular complexity index is 1420. The lowest BCUT2D eigenvalue weighted by molar-refractivity contribution is -0.116. The smallest absolute Gasteiger partial charge is 0.187 e. The summed E-state index contributed by atoms with van der Waals surface area (Å²) >= 11 is 0. The lowest BCUT2D eigenvalue weighted by Crippen LogP contribution is -2.18. The van der Waals surface area contributed by atoms with E-state index in [2.05, 4.69) is 11.2 Å². The van der Waals surface area contributed by atoms with Gasteiger partial charge in [-0.25, -0.2) is 8.42 Å². The summed E-state index contributed by atoms with van der Waals surface area (Å²) < 4.78 is 33.0. The predicted octanol–water partition coefficient (Wildman–Crippen LogP) is 3.44. The average Bonchev–Trinajstić information content (AvgIpc) is 3.31. The van der Waals surface area contributed by atoms with E-state index in [1.165, 1.54) is 0 Å². The van der Waals surface area contributed by atoms with E-state index in [1.807, 2.05) is 22.8 Å². The van der Waals surface area contributed by atoms with Crippen molar-refractivity contribution in [1.82, 2.24) is 9.72 Å². The van der Waals surface area contributed by atoms with Gasteiger partial charge in [0.25, 0.3) is 0 Å². The Morgan fingerprint density at radius 2 is 1.97 bits per heavy atom. The maximum Gasteiger partial charge on any atom is 0.187 e. The van der Waals surface area contributed by atoms with Crippen LogP contribution in [-0.2, 0) is 27.6 Å². The molecule has 0 saturated heterocycles. The van der Waals surface area contributed by atoms with Crippen molar-refractivity contribution in [2.24, 2.45) is 0 Å². The topological polar surface area (TPSA) is 106 Å². The van der Waals surface area contributed by atoms with Crippen molar-refractivity contribution >= 4 is 26.5 Å². The first-order valence-electron chi connectivity index (χ1n) is 9.59. The molecule has 8 heteroatoms. The van der Waals surface area contributed by atoms with E-state index in [4.69, 9.17) is 9.78 Å². The van der Waals surface area contributed by atoms with Gasteiger partial charge in [0.05, 0.1) is 28.6 Å². The highest BCUT2D eigenvalue weighted by Gasteiger charge is 2.25. The second-order valence-corrected chi connectivity index (χ2v) is 9.31. The molecule has 0 fully saturated rings. The van der Waals surface area contributed by atoms with Crippen LogP contribution in [0, 0.1) is 18.3 Å². The number of para-hydroxylation sites is 1. The van der Waals surface area contributed by atoms with E-state index < -0.39 is 21.4 Å². The predicted molar refractivity (Wildman–Crippen MR) is 114 cm³/mol. The molecule has 7 nitrogen and oxygen atoms in total. The molecule has 0 amide bonds. The zero-order valence-corrected chi connectivity index (χ0v) is 17.6. The highest BCUT2D eigenvalue weighted by atomic mass is 32.2. The molecule has 0 unspecified atom stereocenters. The van der Waals surface area contributed by atoms with Gasteiger partial charge in [0.2, 0.25) is 0 Å². The maximum atomic E-state index is 13.1. The van der Waals surface area contributed by atoms with Gasteiger partial charge in [-0.2, -0.15) is 5.26 Å². The third-order valence-electron chi connectivity index (χ3n) is 4.90. The molecule has 0 aliphatic rings. The number of benzene rings is 2. The molecular weight excluding hydrogens is 414 g/mol. The second kappa shape index (κ2) is 8.20. The number of ketones is 1. The quantitative estimate of drug-likeness (QED) is 0.442. The molecule has 4 aromatic rings. The molecule has 2 aromatic heterocycles. The lowest BCUT2D eigenvalue weighted by Gasteiger charge is -2.05. The molecule has 0 aliphatic heterocycles. The van der Waals surface area contributed by atoms with Gasteiger partial charge in [0, 0.05) is 29.7 Å². The van der Waals surface area contributed by atoms with Crippen molar-refractivity contribution in [3.8, 4) is 6.07 Å². The van der Waals surface area contributed by atoms with Crippen molar-refractivity contribution in [3.63, 3.8) is 0 Å². The van der Waals surface area contributed by atoms with Crippen molar-refractivity contribution < 1.29 is 17.7 Å². The van der Waals surface area contributed by atoms with E-state index in [9.17, 15) is 13.2 Å². The molecule has 0 aliphatic carbocycles. The summed E-state index contributed by atoms with van der Waals surface area (Å²) in [7, 11) is -3.86. The van der Waals surface area contributed by atoms with Gasteiger partial charge in [-0.3, -0.25) is 4.79 Å². The van der Waals surface area contributed by atoms with Crippen molar-refractivity contribution in [2.45, 2.75) is 24.8 Å². The molecule has 2 heterocycles. The van der Waals surface area contributed by atoms with Gasteiger partial charge in [0.1, 0.15) is 11.5 Å². The minimum atomic E-state index is -3.86. The molecule has 0 radical (unpaired) electrons. The van der Waals surface area contributed by atoms with Crippen LogP contribution in [-0.4, -0.2) is 29.7 Å². The van der Waals surface area contributed by atoms with Crippen LogP contribution < -0.4 is 0 Å². The summed E-state index contributed by atoms with van der Waals surface area (Å²) in [6.07, 6.45) is 1.46. The molecule has 0 saturated carbocycles. The molecule has 0 atom stereocenters. The van der Waals surface area contributed by atoms with Crippen LogP contribution in [0.2, 0.25) is 0 Å². The fourth-order valence-corrected chi connectivity index (χ4v) is 5.05. The van der Waals surface area contributed by atoms with Crippen molar-refractivity contribution in [2.75, 3.05) is 5.75 Å². The summed E-state index contributed by atoms with van der Waals surface area (Å²) in [5, 5.41) is 13.4. The number of aromatic nitrogens is 2. The number of sulfone groups is 1. The third kappa shape index (κ3) is 4.42. The van der Waals surface area contributed by atoms with E-state index in [1.54, 1.807) is 49.5 Å². The Morgan fingerprint density at radius 1 is 1.16 bits per heavy atom. The van der Waals surface area contributed by atoms with Gasteiger partial charge < -0.3 is 9.09 Å². The number of rotatable bonds is 7. The Hall–Kier alpha value is -3.70. The molecule has 156 valence electrons. The highest BCUT2D eigenvalue weighted by Crippen LogP contribution is 2.27. The first kappa shape index (κ1) is 20.6. The van der Waals surface area contributed by atoms with E-state index in [-0.39, 0.29) is 11.3 Å². The molecule has 4 rings (SSSR count). The van der Waals surface area contributed by atoms with Crippen LogP contribution in [0.15, 0.2) is 70.2 Å². The number of carbonyl (C=O) groups excluding carboxylic acids is 1. The third-order valence-corrected chi connectivity index (χ3v) is 6.60. The summed E-state index contributed by atoms with van der Waals surface area (Å²) in [4.78, 5) is 12.5. The lowest BCUT2D eigenvalue weighted by atomic mass is 10.1. The Morgan fingerprint density at radius 3 is 2.71 bits per heavy atom. The second-order valence-electron chi connectivity index (χ2n) is 7.35. The number of fused-ring (bicyclic) bond motifs is 1. The number of carbonyl (C=O) groups is 1. The van der Waals surface area contributed by atoms with Crippen LogP contribution in [0.5, 0.6) is 0 Å². The standard InChI is InChI=1S/C23H19N3O4S/c1-16-9-19(25-30-16)11-20(27)15-31(28,29)23-14-26(22-8-3-2-7-21(22)23)13-18-6-4-5-17(10-18)12-24/h2-10,14H,11,13,15H2,1H3. The summed E-state index contributed by atoms with van der Waals surface area (Å²) in [5.74, 6) is -0.502. The van der Waals surface area contributed by atoms with Crippen LogP contribution in [0.25, 0.3) is 10.9 Å². The van der Waals surface area contributed by atoms with Gasteiger partial charge in [-0.1, -0.05) is 35.5 Å². The monoisotopic (exact) mass is 433 g/mol. The fourth-order valence-electron chi connectivity index (χ4n) is 3.57. The SMILES string of the molecule is Cc1cc(CC(=O)CS(=O)(=O)c2cn(Cc3cccc(C#N)c3)c3ccccc23)no1. The molecule has 31 heavy (non-hydrogen) atoms. The first-order chi connectivity index (χ1) is 14.9. The fraction of sp³-hybridized carbons (Fsp3) is 0.174. The van der Waals surface area contributed by atoms with Gasteiger partial charge in [0.15, 0.2) is 15.6 Å². The summed E-state index contributed by atoms with van der Waals surface area (Å²) in [5.41, 5.74) is 2.57. The summed E-state index contributed by atoms with van der Waals surface area (Å²) in [6.45, 7) is 2.11. The molecule has 0 spiro atoms. The number of nitriles is 1. The van der Waals surface area contributed by atoms with Crippen molar-refractivity contribution in [1.29, 1.82) is 5.26 Å². The molecule has 0 N–H and O–H groups in total. The van der Waals surface area contributed by atoms with Gasteiger partial charge >= 0.3 is 0 Å². The zero-order chi connectivity index (χ0) is 22.0. The Labute approximate surface area is 179 Å². The molecule has 2 aromatic carbocycles. The number of nitrogens with zero attached hydrogens (tertiary/aromatic N) is 3. The van der Waals surface area contributed by atoms with Crippen LogP contribution in [0.1, 0.15) is 22.6 Å².